The number of carbonyl (C=O) groups is 1. The molecule has 3 rings (SSSR count). The fraction of sp³-hybridized carbons (Fsp3) is 0.529. The Hall–Kier alpha value is -1.42. The number of benzene rings is 1. The van der Waals surface area contributed by atoms with Crippen LogP contribution < -0.4 is 5.73 Å². The van der Waals surface area contributed by atoms with E-state index in [0.717, 1.165) is 23.6 Å². The molecule has 1 aromatic rings. The second kappa shape index (κ2) is 6.14. The minimum atomic E-state index is 0.271. The summed E-state index contributed by atoms with van der Waals surface area (Å²) in [5.74, 6) is 1.02. The summed E-state index contributed by atoms with van der Waals surface area (Å²) in [5.41, 5.74) is 7.49. The van der Waals surface area contributed by atoms with Crippen LogP contribution in [-0.4, -0.2) is 28.4 Å². The predicted molar refractivity (Wildman–Crippen MR) is 88.1 cm³/mol. The van der Waals surface area contributed by atoms with Gasteiger partial charge in [-0.15, -0.1) is 0 Å². The van der Waals surface area contributed by atoms with Crippen LogP contribution in [0, 0.1) is 5.92 Å². The summed E-state index contributed by atoms with van der Waals surface area (Å²) in [6.45, 7) is 0.944. The number of thiocarbonyl (C=S) groups is 1. The van der Waals surface area contributed by atoms with Gasteiger partial charge in [0.05, 0.1) is 6.42 Å². The van der Waals surface area contributed by atoms with Crippen LogP contribution in [0.15, 0.2) is 24.3 Å². The zero-order valence-electron chi connectivity index (χ0n) is 12.3. The molecule has 2 aliphatic rings. The number of hydrogen-bond acceptors (Lipinski definition) is 2. The third-order valence-corrected chi connectivity index (χ3v) is 5.16. The zero-order valence-corrected chi connectivity index (χ0v) is 13.1. The normalized spacial score (nSPS) is 24.7. The van der Waals surface area contributed by atoms with Crippen molar-refractivity contribution in [1.29, 1.82) is 0 Å². The maximum absolute atomic E-state index is 12.6. The van der Waals surface area contributed by atoms with E-state index in [4.69, 9.17) is 18.0 Å². The molecule has 1 aliphatic carbocycles. The summed E-state index contributed by atoms with van der Waals surface area (Å²) in [6.07, 6.45) is 6.78. The largest absolute Gasteiger partial charge is 0.389 e. The van der Waals surface area contributed by atoms with E-state index < -0.39 is 0 Å². The molecule has 0 spiro atoms. The molecule has 2 atom stereocenters. The van der Waals surface area contributed by atoms with Crippen molar-refractivity contribution in [3.63, 3.8) is 0 Å². The molecule has 1 aromatic carbocycles. The summed E-state index contributed by atoms with van der Waals surface area (Å²) in [5, 5.41) is 0. The summed E-state index contributed by atoms with van der Waals surface area (Å²) >= 11 is 4.95. The van der Waals surface area contributed by atoms with Crippen molar-refractivity contribution in [2.45, 2.75) is 44.6 Å². The van der Waals surface area contributed by atoms with Gasteiger partial charge < -0.3 is 10.6 Å². The number of likely N-dealkylation sites (tertiary alicyclic amines) is 1. The second-order valence-corrected chi connectivity index (χ2v) is 6.67. The Morgan fingerprint density at radius 1 is 1.19 bits per heavy atom. The summed E-state index contributed by atoms with van der Waals surface area (Å²) in [7, 11) is 0. The first kappa shape index (κ1) is 14.5. The van der Waals surface area contributed by atoms with Crippen LogP contribution in [0.4, 0.5) is 0 Å². The molecule has 21 heavy (non-hydrogen) atoms. The van der Waals surface area contributed by atoms with E-state index in [1.807, 2.05) is 24.3 Å². The molecule has 1 heterocycles. The van der Waals surface area contributed by atoms with Gasteiger partial charge in [-0.2, -0.15) is 0 Å². The quantitative estimate of drug-likeness (QED) is 0.873. The number of hydrogen-bond donors (Lipinski definition) is 1. The van der Waals surface area contributed by atoms with E-state index >= 15 is 0 Å². The fourth-order valence-corrected chi connectivity index (χ4v) is 3.91. The van der Waals surface area contributed by atoms with Crippen molar-refractivity contribution in [2.75, 3.05) is 6.54 Å². The highest BCUT2D eigenvalue weighted by Gasteiger charge is 2.37. The van der Waals surface area contributed by atoms with Crippen molar-refractivity contribution >= 4 is 23.1 Å². The van der Waals surface area contributed by atoms with Gasteiger partial charge in [0.1, 0.15) is 4.99 Å². The van der Waals surface area contributed by atoms with Crippen LogP contribution in [0.5, 0.6) is 0 Å². The third-order valence-electron chi connectivity index (χ3n) is 4.92. The Labute approximate surface area is 131 Å². The number of rotatable bonds is 3. The molecule has 0 bridgehead atoms. The second-order valence-electron chi connectivity index (χ2n) is 6.23. The molecule has 1 amide bonds. The van der Waals surface area contributed by atoms with Crippen molar-refractivity contribution in [1.82, 2.24) is 4.90 Å². The van der Waals surface area contributed by atoms with E-state index in [2.05, 4.69) is 4.90 Å². The molecule has 1 aliphatic heterocycles. The highest BCUT2D eigenvalue weighted by atomic mass is 32.1. The number of nitrogens with zero attached hydrogens (tertiary/aromatic N) is 1. The maximum atomic E-state index is 12.6. The third kappa shape index (κ3) is 3.10. The molecule has 2 N–H and O–H groups in total. The van der Waals surface area contributed by atoms with Crippen LogP contribution in [-0.2, 0) is 11.2 Å². The molecule has 4 heteroatoms. The lowest BCUT2D eigenvalue weighted by atomic mass is 9.85. The zero-order chi connectivity index (χ0) is 14.8. The van der Waals surface area contributed by atoms with Gasteiger partial charge in [-0.3, -0.25) is 4.79 Å². The fourth-order valence-electron chi connectivity index (χ4n) is 3.78. The van der Waals surface area contributed by atoms with Crippen molar-refractivity contribution in [2.24, 2.45) is 11.7 Å². The predicted octanol–water partition coefficient (Wildman–Crippen LogP) is 2.65. The Kier molecular flexibility index (Phi) is 4.24. The van der Waals surface area contributed by atoms with E-state index in [1.165, 1.54) is 32.1 Å². The molecule has 1 saturated heterocycles. The Morgan fingerprint density at radius 3 is 2.62 bits per heavy atom. The topological polar surface area (TPSA) is 46.3 Å². The van der Waals surface area contributed by atoms with Crippen molar-refractivity contribution in [3.8, 4) is 0 Å². The first-order chi connectivity index (χ1) is 10.1. The molecule has 0 radical (unpaired) electrons. The average molecular weight is 302 g/mol. The first-order valence-corrected chi connectivity index (χ1v) is 8.24. The minimum Gasteiger partial charge on any atom is -0.389 e. The Bertz CT molecular complexity index is 540. The van der Waals surface area contributed by atoms with E-state index in [0.29, 0.717) is 17.5 Å². The summed E-state index contributed by atoms with van der Waals surface area (Å²) in [6, 6.07) is 8.22. The van der Waals surface area contributed by atoms with E-state index in [9.17, 15) is 4.79 Å². The molecule has 112 valence electrons. The number of amides is 1. The molecular formula is C17H22N2OS. The smallest absolute Gasteiger partial charge is 0.227 e. The molecule has 2 fully saturated rings. The highest BCUT2D eigenvalue weighted by molar-refractivity contribution is 7.80. The SMILES string of the molecule is NC(=S)c1ccc(CC(=O)N2CCC3CCCCC32)cc1. The van der Waals surface area contributed by atoms with Gasteiger partial charge in [-0.25, -0.2) is 0 Å². The van der Waals surface area contributed by atoms with Crippen LogP contribution in [0.3, 0.4) is 0 Å². The molecule has 0 aromatic heterocycles. The van der Waals surface area contributed by atoms with Crippen molar-refractivity contribution in [3.05, 3.63) is 35.4 Å². The lowest BCUT2D eigenvalue weighted by Gasteiger charge is -2.31. The maximum Gasteiger partial charge on any atom is 0.227 e. The highest BCUT2D eigenvalue weighted by Crippen LogP contribution is 2.36. The molecule has 1 saturated carbocycles. The molecular weight excluding hydrogens is 280 g/mol. The lowest BCUT2D eigenvalue weighted by molar-refractivity contribution is -0.132. The van der Waals surface area contributed by atoms with Gasteiger partial charge in [0.2, 0.25) is 5.91 Å². The van der Waals surface area contributed by atoms with Crippen LogP contribution >= 0.6 is 12.2 Å². The van der Waals surface area contributed by atoms with Crippen LogP contribution in [0.2, 0.25) is 0 Å². The van der Waals surface area contributed by atoms with Crippen LogP contribution in [0.1, 0.15) is 43.2 Å². The van der Waals surface area contributed by atoms with Gasteiger partial charge in [-0.1, -0.05) is 49.3 Å². The lowest BCUT2D eigenvalue weighted by Crippen LogP contribution is -2.40. The monoisotopic (exact) mass is 302 g/mol. The first-order valence-electron chi connectivity index (χ1n) is 7.83. The number of fused-ring (bicyclic) bond motifs is 1. The average Bonchev–Trinajstić information content (AvgIpc) is 2.92. The van der Waals surface area contributed by atoms with Gasteiger partial charge in [0, 0.05) is 18.2 Å². The standard InChI is InChI=1S/C17H22N2OS/c18-17(21)14-7-5-12(6-8-14)11-16(20)19-10-9-13-3-1-2-4-15(13)19/h5-8,13,15H,1-4,9-11H2,(H2,18,21). The van der Waals surface area contributed by atoms with Crippen LogP contribution in [0.25, 0.3) is 0 Å². The number of carbonyl (C=O) groups excluding carboxylic acids is 1. The molecule has 2 unspecified atom stereocenters. The van der Waals surface area contributed by atoms with E-state index in [-0.39, 0.29) is 5.91 Å². The molecule has 3 nitrogen and oxygen atoms in total. The van der Waals surface area contributed by atoms with E-state index in [1.54, 1.807) is 0 Å². The summed E-state index contributed by atoms with van der Waals surface area (Å²) < 4.78 is 0. The number of nitrogens with two attached hydrogens (primary N) is 1. The van der Waals surface area contributed by atoms with Gasteiger partial charge >= 0.3 is 0 Å². The Morgan fingerprint density at radius 2 is 1.90 bits per heavy atom. The Balaban J connectivity index is 1.64. The summed E-state index contributed by atoms with van der Waals surface area (Å²) in [4.78, 5) is 15.1. The van der Waals surface area contributed by atoms with Gasteiger partial charge in [0.15, 0.2) is 0 Å². The minimum absolute atomic E-state index is 0.271. The van der Waals surface area contributed by atoms with Gasteiger partial charge in [-0.05, 0) is 30.7 Å². The van der Waals surface area contributed by atoms with Gasteiger partial charge in [0.25, 0.3) is 0 Å². The van der Waals surface area contributed by atoms with Crippen molar-refractivity contribution < 1.29 is 4.79 Å².